The Morgan fingerprint density at radius 1 is 1.00 bits per heavy atom. The molecule has 4 nitrogen and oxygen atoms in total. The molecule has 5 heteroatoms. The van der Waals surface area contributed by atoms with Crippen molar-refractivity contribution in [3.8, 4) is 17.5 Å². The van der Waals surface area contributed by atoms with E-state index in [-0.39, 0.29) is 11.8 Å². The van der Waals surface area contributed by atoms with Gasteiger partial charge in [-0.3, -0.25) is 0 Å². The number of rotatable bonds is 2. The van der Waals surface area contributed by atoms with Crippen LogP contribution < -0.4 is 4.74 Å². The normalized spacial score (nSPS) is 10.6. The van der Waals surface area contributed by atoms with E-state index in [0.29, 0.717) is 5.75 Å². The third kappa shape index (κ3) is 2.51. The summed E-state index contributed by atoms with van der Waals surface area (Å²) in [6.45, 7) is 0. The number of hydrogen-bond acceptors (Lipinski definition) is 4. The van der Waals surface area contributed by atoms with E-state index in [1.54, 1.807) is 24.5 Å². The number of fused-ring (bicyclic) bond motifs is 1. The summed E-state index contributed by atoms with van der Waals surface area (Å²) in [7, 11) is 0. The Morgan fingerprint density at radius 2 is 1.63 bits per heavy atom. The Hall–Kier alpha value is -2.14. The second-order valence-electron chi connectivity index (χ2n) is 3.95. The van der Waals surface area contributed by atoms with Crippen molar-refractivity contribution in [1.82, 2.24) is 9.97 Å². The quantitative estimate of drug-likeness (QED) is 0.779. The van der Waals surface area contributed by atoms with Gasteiger partial charge in [-0.15, -0.1) is 0 Å². The van der Waals surface area contributed by atoms with E-state index < -0.39 is 0 Å². The first-order valence-corrected chi connectivity index (χ1v) is 6.39. The van der Waals surface area contributed by atoms with Gasteiger partial charge < -0.3 is 9.84 Å². The molecular weight excluding hydrogens is 308 g/mol. The molecule has 2 aromatic carbocycles. The second-order valence-corrected chi connectivity index (χ2v) is 4.87. The van der Waals surface area contributed by atoms with Crippen LogP contribution in [0.1, 0.15) is 0 Å². The van der Waals surface area contributed by atoms with Crippen LogP contribution in [0.25, 0.3) is 10.8 Å². The zero-order chi connectivity index (χ0) is 13.2. The summed E-state index contributed by atoms with van der Waals surface area (Å²) in [5, 5.41) is 11.9. The number of nitrogens with zero attached hydrogens (tertiary/aromatic N) is 2. The molecule has 0 saturated heterocycles. The van der Waals surface area contributed by atoms with Crippen LogP contribution >= 0.6 is 15.9 Å². The van der Waals surface area contributed by atoms with Crippen molar-refractivity contribution in [3.63, 3.8) is 0 Å². The van der Waals surface area contributed by atoms with Gasteiger partial charge in [-0.1, -0.05) is 24.3 Å². The number of hydrogen-bond donors (Lipinski definition) is 1. The van der Waals surface area contributed by atoms with Crippen LogP contribution in [0.2, 0.25) is 0 Å². The van der Waals surface area contributed by atoms with Gasteiger partial charge in [0, 0.05) is 12.4 Å². The van der Waals surface area contributed by atoms with E-state index in [9.17, 15) is 5.11 Å². The SMILES string of the molecule is Oc1cc2ccccc2cc1Oc1ncc(Br)cn1. The lowest BCUT2D eigenvalue weighted by Crippen LogP contribution is -1.91. The van der Waals surface area contributed by atoms with Crippen LogP contribution in [0.4, 0.5) is 0 Å². The number of benzene rings is 2. The van der Waals surface area contributed by atoms with Gasteiger partial charge in [0.25, 0.3) is 0 Å². The molecule has 0 amide bonds. The lowest BCUT2D eigenvalue weighted by molar-refractivity contribution is 0.393. The maximum Gasteiger partial charge on any atom is 0.322 e. The minimum atomic E-state index is 0.0604. The fourth-order valence-corrected chi connectivity index (χ4v) is 1.95. The van der Waals surface area contributed by atoms with Gasteiger partial charge >= 0.3 is 6.01 Å². The molecule has 0 spiro atoms. The van der Waals surface area contributed by atoms with Crippen LogP contribution in [-0.4, -0.2) is 15.1 Å². The van der Waals surface area contributed by atoms with Crippen molar-refractivity contribution in [2.45, 2.75) is 0 Å². The Kier molecular flexibility index (Phi) is 3.05. The molecule has 94 valence electrons. The van der Waals surface area contributed by atoms with Gasteiger partial charge in [0.2, 0.25) is 0 Å². The number of phenolic OH excluding ortho intramolecular Hbond substituents is 1. The molecule has 1 aromatic heterocycles. The molecular formula is C14H9BrN2O2. The van der Waals surface area contributed by atoms with Gasteiger partial charge in [0.05, 0.1) is 4.47 Å². The molecule has 0 aliphatic rings. The number of phenols is 1. The first-order valence-electron chi connectivity index (χ1n) is 5.59. The minimum Gasteiger partial charge on any atom is -0.504 e. The Labute approximate surface area is 117 Å². The summed E-state index contributed by atoms with van der Waals surface area (Å²) in [4.78, 5) is 8.01. The maximum atomic E-state index is 9.93. The van der Waals surface area contributed by atoms with Crippen LogP contribution in [0.3, 0.4) is 0 Å². The van der Waals surface area contributed by atoms with Gasteiger partial charge in [0.1, 0.15) is 0 Å². The fraction of sp³-hybridized carbons (Fsp3) is 0. The highest BCUT2D eigenvalue weighted by Crippen LogP contribution is 2.33. The van der Waals surface area contributed by atoms with E-state index in [1.165, 1.54) is 0 Å². The first-order chi connectivity index (χ1) is 9.22. The lowest BCUT2D eigenvalue weighted by Gasteiger charge is -2.07. The maximum absolute atomic E-state index is 9.93. The molecule has 0 radical (unpaired) electrons. The van der Waals surface area contributed by atoms with Crippen molar-refractivity contribution >= 4 is 26.7 Å². The Bertz CT molecular complexity index is 729. The largest absolute Gasteiger partial charge is 0.504 e. The Balaban J connectivity index is 2.00. The predicted octanol–water partition coefficient (Wildman–Crippen LogP) is 3.89. The van der Waals surface area contributed by atoms with Gasteiger partial charge in [-0.25, -0.2) is 9.97 Å². The standard InChI is InChI=1S/C14H9BrN2O2/c15-11-7-16-14(17-8-11)19-13-6-10-4-2-1-3-9(10)5-12(13)18/h1-8,18H. The summed E-state index contributed by atoms with van der Waals surface area (Å²) in [6, 6.07) is 11.3. The van der Waals surface area contributed by atoms with E-state index in [1.807, 2.05) is 24.3 Å². The molecule has 1 heterocycles. The van der Waals surface area contributed by atoms with Crippen molar-refractivity contribution in [1.29, 1.82) is 0 Å². The minimum absolute atomic E-state index is 0.0604. The van der Waals surface area contributed by atoms with E-state index in [4.69, 9.17) is 4.74 Å². The molecule has 1 N–H and O–H groups in total. The second kappa shape index (κ2) is 4.85. The third-order valence-electron chi connectivity index (χ3n) is 2.63. The van der Waals surface area contributed by atoms with E-state index >= 15 is 0 Å². The highest BCUT2D eigenvalue weighted by Gasteiger charge is 2.07. The molecule has 0 atom stereocenters. The van der Waals surface area contributed by atoms with Crippen LogP contribution in [0.5, 0.6) is 17.5 Å². The summed E-state index contributed by atoms with van der Waals surface area (Å²) in [6.07, 6.45) is 3.17. The molecule has 0 bridgehead atoms. The van der Waals surface area contributed by atoms with Crippen LogP contribution in [0.15, 0.2) is 53.3 Å². The van der Waals surface area contributed by atoms with Gasteiger partial charge in [0.15, 0.2) is 11.5 Å². The van der Waals surface area contributed by atoms with Gasteiger partial charge in [-0.2, -0.15) is 0 Å². The molecule has 3 rings (SSSR count). The van der Waals surface area contributed by atoms with E-state index in [2.05, 4.69) is 25.9 Å². The molecule has 19 heavy (non-hydrogen) atoms. The van der Waals surface area contributed by atoms with Crippen molar-refractivity contribution in [3.05, 3.63) is 53.3 Å². The van der Waals surface area contributed by atoms with Crippen LogP contribution in [0, 0.1) is 0 Å². The van der Waals surface area contributed by atoms with Crippen molar-refractivity contribution < 1.29 is 9.84 Å². The summed E-state index contributed by atoms with van der Waals surface area (Å²) < 4.78 is 6.25. The molecule has 0 saturated carbocycles. The molecule has 0 aliphatic carbocycles. The summed E-state index contributed by atoms with van der Waals surface area (Å²) >= 11 is 3.25. The third-order valence-corrected chi connectivity index (χ3v) is 3.03. The molecule has 0 fully saturated rings. The highest BCUT2D eigenvalue weighted by atomic mass is 79.9. The zero-order valence-electron chi connectivity index (χ0n) is 9.75. The van der Waals surface area contributed by atoms with Gasteiger partial charge in [-0.05, 0) is 38.8 Å². The number of aromatic hydroxyl groups is 1. The fourth-order valence-electron chi connectivity index (χ4n) is 1.74. The number of ether oxygens (including phenoxy) is 1. The number of aromatic nitrogens is 2. The smallest absolute Gasteiger partial charge is 0.322 e. The first kappa shape index (κ1) is 11.9. The predicted molar refractivity (Wildman–Crippen MR) is 75.4 cm³/mol. The Morgan fingerprint density at radius 3 is 2.32 bits per heavy atom. The monoisotopic (exact) mass is 316 g/mol. The topological polar surface area (TPSA) is 55.2 Å². The summed E-state index contributed by atoms with van der Waals surface area (Å²) in [5.41, 5.74) is 0. The van der Waals surface area contributed by atoms with Crippen LogP contribution in [-0.2, 0) is 0 Å². The van der Waals surface area contributed by atoms with Crippen molar-refractivity contribution in [2.75, 3.05) is 0 Å². The molecule has 0 aliphatic heterocycles. The highest BCUT2D eigenvalue weighted by molar-refractivity contribution is 9.10. The lowest BCUT2D eigenvalue weighted by atomic mass is 10.1. The molecule has 0 unspecified atom stereocenters. The van der Waals surface area contributed by atoms with E-state index in [0.717, 1.165) is 15.2 Å². The average molecular weight is 317 g/mol. The molecule has 3 aromatic rings. The summed E-state index contributed by atoms with van der Waals surface area (Å²) in [5.74, 6) is 0.395. The average Bonchev–Trinajstić information content (AvgIpc) is 2.42. The van der Waals surface area contributed by atoms with Crippen molar-refractivity contribution in [2.24, 2.45) is 0 Å². The zero-order valence-corrected chi connectivity index (χ0v) is 11.3. The number of halogens is 1.